The molecule has 1 heterocycles. The van der Waals surface area contributed by atoms with Gasteiger partial charge in [-0.1, -0.05) is 0 Å². The Balaban J connectivity index is 2.35. The maximum Gasteiger partial charge on any atom is 0.288 e. The summed E-state index contributed by atoms with van der Waals surface area (Å²) in [5, 5.41) is 19.8. The van der Waals surface area contributed by atoms with E-state index < -0.39 is 20.4 Å². The second-order valence-corrected chi connectivity index (χ2v) is 7.06. The van der Waals surface area contributed by atoms with Crippen LogP contribution in [0.3, 0.4) is 0 Å². The van der Waals surface area contributed by atoms with E-state index in [1.54, 1.807) is 6.07 Å². The van der Waals surface area contributed by atoms with Gasteiger partial charge >= 0.3 is 0 Å². The number of nitriles is 1. The molecule has 7 nitrogen and oxygen atoms in total. The molecule has 0 aliphatic carbocycles. The zero-order chi connectivity index (χ0) is 15.6. The van der Waals surface area contributed by atoms with Gasteiger partial charge in [-0.2, -0.15) is 5.26 Å². The Morgan fingerprint density at radius 3 is 2.48 bits per heavy atom. The van der Waals surface area contributed by atoms with Gasteiger partial charge < -0.3 is 4.90 Å². The van der Waals surface area contributed by atoms with E-state index >= 15 is 0 Å². The number of nitro benzene ring substituents is 1. The minimum Gasteiger partial charge on any atom is -0.371 e. The molecular weight excluding hydrogens is 294 g/mol. The highest BCUT2D eigenvalue weighted by molar-refractivity contribution is 7.90. The lowest BCUT2D eigenvalue weighted by Crippen LogP contribution is -2.33. The van der Waals surface area contributed by atoms with Crippen molar-refractivity contribution >= 4 is 21.2 Å². The summed E-state index contributed by atoms with van der Waals surface area (Å²) < 4.78 is 23.5. The quantitative estimate of drug-likeness (QED) is 0.622. The summed E-state index contributed by atoms with van der Waals surface area (Å²) in [6, 6.07) is 6.35. The summed E-state index contributed by atoms with van der Waals surface area (Å²) in [6.07, 6.45) is 2.38. The van der Waals surface area contributed by atoms with Gasteiger partial charge in [-0.15, -0.1) is 0 Å². The fourth-order valence-electron chi connectivity index (χ4n) is 2.41. The smallest absolute Gasteiger partial charge is 0.288 e. The van der Waals surface area contributed by atoms with Crippen LogP contribution in [-0.4, -0.2) is 32.7 Å². The molecule has 1 aromatic rings. The molecule has 0 bridgehead atoms. The number of sulfone groups is 1. The highest BCUT2D eigenvalue weighted by atomic mass is 32.2. The van der Waals surface area contributed by atoms with E-state index in [9.17, 15) is 18.5 Å². The lowest BCUT2D eigenvalue weighted by molar-refractivity contribution is -0.387. The first-order chi connectivity index (χ1) is 9.82. The third-order valence-electron chi connectivity index (χ3n) is 3.58. The van der Waals surface area contributed by atoms with Crippen LogP contribution >= 0.6 is 0 Å². The van der Waals surface area contributed by atoms with Crippen molar-refractivity contribution in [2.24, 2.45) is 5.92 Å². The molecular formula is C13H15N3O4S. The van der Waals surface area contributed by atoms with Gasteiger partial charge in [0.25, 0.3) is 5.69 Å². The van der Waals surface area contributed by atoms with Crippen LogP contribution in [0.4, 0.5) is 11.4 Å². The number of hydrogen-bond acceptors (Lipinski definition) is 6. The number of hydrogen-bond donors (Lipinski definition) is 0. The molecule has 0 amide bonds. The van der Waals surface area contributed by atoms with Gasteiger partial charge in [0, 0.05) is 37.0 Å². The first kappa shape index (κ1) is 15.3. The molecule has 1 saturated heterocycles. The van der Waals surface area contributed by atoms with Gasteiger partial charge in [-0.25, -0.2) is 8.42 Å². The number of anilines is 1. The SMILES string of the molecule is CS(=O)(=O)c1cc(N2CCC(C#N)CC2)ccc1[N+](=O)[O-]. The molecule has 0 radical (unpaired) electrons. The molecule has 1 fully saturated rings. The van der Waals surface area contributed by atoms with Crippen LogP contribution < -0.4 is 4.90 Å². The summed E-state index contributed by atoms with van der Waals surface area (Å²) in [6.45, 7) is 1.28. The van der Waals surface area contributed by atoms with E-state index in [1.807, 2.05) is 4.90 Å². The van der Waals surface area contributed by atoms with Crippen LogP contribution in [0.25, 0.3) is 0 Å². The zero-order valence-corrected chi connectivity index (χ0v) is 12.3. The molecule has 0 spiro atoms. The molecule has 112 valence electrons. The van der Waals surface area contributed by atoms with Crippen LogP contribution in [0.5, 0.6) is 0 Å². The molecule has 1 aliphatic heterocycles. The Labute approximate surface area is 122 Å². The summed E-state index contributed by atoms with van der Waals surface area (Å²) in [5.74, 6) is 0.0219. The number of rotatable bonds is 3. The monoisotopic (exact) mass is 309 g/mol. The second-order valence-electron chi connectivity index (χ2n) is 5.07. The Morgan fingerprint density at radius 2 is 2.00 bits per heavy atom. The van der Waals surface area contributed by atoms with Gasteiger partial charge in [-0.05, 0) is 25.0 Å². The number of nitro groups is 1. The summed E-state index contributed by atoms with van der Waals surface area (Å²) in [5.41, 5.74) is 0.227. The van der Waals surface area contributed by atoms with E-state index in [4.69, 9.17) is 5.26 Å². The average molecular weight is 309 g/mol. The first-order valence-electron chi connectivity index (χ1n) is 6.46. The van der Waals surface area contributed by atoms with E-state index in [0.29, 0.717) is 31.6 Å². The van der Waals surface area contributed by atoms with E-state index in [1.165, 1.54) is 12.1 Å². The largest absolute Gasteiger partial charge is 0.371 e. The topological polar surface area (TPSA) is 104 Å². The van der Waals surface area contributed by atoms with Gasteiger partial charge in [0.15, 0.2) is 9.84 Å². The van der Waals surface area contributed by atoms with Gasteiger partial charge in [0.05, 0.1) is 11.0 Å². The molecule has 1 aromatic carbocycles. The lowest BCUT2D eigenvalue weighted by atomic mass is 9.98. The van der Waals surface area contributed by atoms with Crippen molar-refractivity contribution in [1.82, 2.24) is 0 Å². The summed E-state index contributed by atoms with van der Waals surface area (Å²) in [4.78, 5) is 11.9. The van der Waals surface area contributed by atoms with Gasteiger partial charge in [-0.3, -0.25) is 10.1 Å². The van der Waals surface area contributed by atoms with Crippen molar-refractivity contribution in [3.8, 4) is 6.07 Å². The van der Waals surface area contributed by atoms with Crippen molar-refractivity contribution in [2.45, 2.75) is 17.7 Å². The van der Waals surface area contributed by atoms with E-state index in [-0.39, 0.29) is 10.8 Å². The Hall–Kier alpha value is -2.14. The molecule has 8 heteroatoms. The Kier molecular flexibility index (Phi) is 4.14. The fourth-order valence-corrected chi connectivity index (χ4v) is 3.27. The van der Waals surface area contributed by atoms with Crippen molar-refractivity contribution in [1.29, 1.82) is 5.26 Å². The van der Waals surface area contributed by atoms with Crippen molar-refractivity contribution in [3.05, 3.63) is 28.3 Å². The first-order valence-corrected chi connectivity index (χ1v) is 8.35. The predicted molar refractivity (Wildman–Crippen MR) is 76.8 cm³/mol. The van der Waals surface area contributed by atoms with Gasteiger partial charge in [0.1, 0.15) is 4.90 Å². The van der Waals surface area contributed by atoms with Crippen LogP contribution in [0.15, 0.2) is 23.1 Å². The van der Waals surface area contributed by atoms with Crippen LogP contribution in [0.2, 0.25) is 0 Å². The van der Waals surface area contributed by atoms with Crippen molar-refractivity contribution in [3.63, 3.8) is 0 Å². The molecule has 0 unspecified atom stereocenters. The third kappa shape index (κ3) is 3.31. The van der Waals surface area contributed by atoms with Crippen LogP contribution in [0.1, 0.15) is 12.8 Å². The van der Waals surface area contributed by atoms with E-state index in [2.05, 4.69) is 6.07 Å². The standard InChI is InChI=1S/C13H15N3O4S/c1-21(19,20)13-8-11(2-3-12(13)16(17)18)15-6-4-10(9-14)5-7-15/h2-3,8,10H,4-7H2,1H3. The van der Waals surface area contributed by atoms with Gasteiger partial charge in [0.2, 0.25) is 0 Å². The molecule has 2 rings (SSSR count). The molecule has 0 atom stereocenters. The minimum atomic E-state index is -3.68. The lowest BCUT2D eigenvalue weighted by Gasteiger charge is -2.31. The molecule has 1 aliphatic rings. The second kappa shape index (κ2) is 5.69. The Bertz CT molecular complexity index is 701. The molecule has 0 N–H and O–H groups in total. The Morgan fingerprint density at radius 1 is 1.38 bits per heavy atom. The molecule has 21 heavy (non-hydrogen) atoms. The minimum absolute atomic E-state index is 0.0219. The summed E-state index contributed by atoms with van der Waals surface area (Å²) in [7, 11) is -3.68. The maximum atomic E-state index is 11.7. The number of nitrogens with zero attached hydrogens (tertiary/aromatic N) is 3. The maximum absolute atomic E-state index is 11.7. The highest BCUT2D eigenvalue weighted by Crippen LogP contribution is 2.30. The summed E-state index contributed by atoms with van der Waals surface area (Å²) >= 11 is 0. The normalized spacial score (nSPS) is 16.5. The van der Waals surface area contributed by atoms with Crippen LogP contribution in [0, 0.1) is 27.4 Å². The number of piperidine rings is 1. The average Bonchev–Trinajstić information content (AvgIpc) is 2.45. The highest BCUT2D eigenvalue weighted by Gasteiger charge is 2.25. The third-order valence-corrected chi connectivity index (χ3v) is 4.71. The fraction of sp³-hybridized carbons (Fsp3) is 0.462. The van der Waals surface area contributed by atoms with Crippen LogP contribution in [-0.2, 0) is 9.84 Å². The zero-order valence-electron chi connectivity index (χ0n) is 11.5. The predicted octanol–water partition coefficient (Wildman–Crippen LogP) is 1.74. The van der Waals surface area contributed by atoms with E-state index in [0.717, 1.165) is 6.26 Å². The van der Waals surface area contributed by atoms with Crippen molar-refractivity contribution in [2.75, 3.05) is 24.2 Å². The number of benzene rings is 1. The molecule has 0 saturated carbocycles. The van der Waals surface area contributed by atoms with Crippen molar-refractivity contribution < 1.29 is 13.3 Å². The molecule has 0 aromatic heterocycles.